The number of rotatable bonds is 9. The standard InChI is InChI=1S/C25H26BrFN2O2S/c1-18(2)14-29(25(31)20-5-3-6-21(26)13-20)17-24(30)28(16-23-7-4-12-32-23)15-19-8-10-22(27)11-9-19/h3-13,18H,14-17H2,1-2H3. The van der Waals surface area contributed by atoms with Gasteiger partial charge in [-0.05, 0) is 53.3 Å². The smallest absolute Gasteiger partial charge is 0.254 e. The largest absolute Gasteiger partial charge is 0.332 e. The molecule has 0 radical (unpaired) electrons. The molecular weight excluding hydrogens is 491 g/mol. The van der Waals surface area contributed by atoms with Crippen LogP contribution in [0.5, 0.6) is 0 Å². The highest BCUT2D eigenvalue weighted by Gasteiger charge is 2.24. The lowest BCUT2D eigenvalue weighted by Gasteiger charge is -2.29. The van der Waals surface area contributed by atoms with E-state index >= 15 is 0 Å². The van der Waals surface area contributed by atoms with E-state index in [9.17, 15) is 14.0 Å². The van der Waals surface area contributed by atoms with Crippen molar-refractivity contribution >= 4 is 39.1 Å². The van der Waals surface area contributed by atoms with E-state index in [1.165, 1.54) is 12.1 Å². The van der Waals surface area contributed by atoms with Gasteiger partial charge < -0.3 is 9.80 Å². The number of benzene rings is 2. The summed E-state index contributed by atoms with van der Waals surface area (Å²) < 4.78 is 14.1. The Kier molecular flexibility index (Phi) is 8.59. The van der Waals surface area contributed by atoms with Crippen molar-refractivity contribution in [1.29, 1.82) is 0 Å². The molecule has 168 valence electrons. The van der Waals surface area contributed by atoms with Gasteiger partial charge in [-0.1, -0.05) is 54.0 Å². The number of carbonyl (C=O) groups is 2. The minimum Gasteiger partial charge on any atom is -0.332 e. The second-order valence-electron chi connectivity index (χ2n) is 8.05. The second-order valence-corrected chi connectivity index (χ2v) is 9.99. The number of hydrogen-bond donors (Lipinski definition) is 0. The highest BCUT2D eigenvalue weighted by molar-refractivity contribution is 9.10. The van der Waals surface area contributed by atoms with Crippen LogP contribution in [0.4, 0.5) is 4.39 Å². The van der Waals surface area contributed by atoms with Gasteiger partial charge in [0.2, 0.25) is 5.91 Å². The Morgan fingerprint density at radius 3 is 2.38 bits per heavy atom. The van der Waals surface area contributed by atoms with Crippen LogP contribution in [0.3, 0.4) is 0 Å². The number of carbonyl (C=O) groups excluding carboxylic acids is 2. The summed E-state index contributed by atoms with van der Waals surface area (Å²) in [7, 11) is 0. The molecule has 1 heterocycles. The Balaban J connectivity index is 1.81. The molecular formula is C25H26BrFN2O2S. The lowest BCUT2D eigenvalue weighted by molar-refractivity contribution is -0.133. The molecule has 0 atom stereocenters. The van der Waals surface area contributed by atoms with Crippen LogP contribution in [0, 0.1) is 11.7 Å². The number of halogens is 2. The van der Waals surface area contributed by atoms with Gasteiger partial charge in [0.25, 0.3) is 5.91 Å². The van der Waals surface area contributed by atoms with E-state index < -0.39 is 0 Å². The number of amides is 2. The maximum Gasteiger partial charge on any atom is 0.254 e. The Labute approximate surface area is 200 Å². The highest BCUT2D eigenvalue weighted by Crippen LogP contribution is 2.18. The molecule has 0 fully saturated rings. The molecule has 0 saturated carbocycles. The molecule has 0 saturated heterocycles. The molecule has 0 unspecified atom stereocenters. The molecule has 32 heavy (non-hydrogen) atoms. The van der Waals surface area contributed by atoms with Gasteiger partial charge in [-0.15, -0.1) is 11.3 Å². The normalized spacial score (nSPS) is 10.9. The fourth-order valence-electron chi connectivity index (χ4n) is 3.36. The van der Waals surface area contributed by atoms with Crippen molar-refractivity contribution < 1.29 is 14.0 Å². The van der Waals surface area contributed by atoms with Crippen LogP contribution in [0.25, 0.3) is 0 Å². The quantitative estimate of drug-likeness (QED) is 0.351. The van der Waals surface area contributed by atoms with Crippen LogP contribution in [-0.2, 0) is 17.9 Å². The third kappa shape index (κ3) is 7.00. The molecule has 0 N–H and O–H groups in total. The van der Waals surface area contributed by atoms with Crippen LogP contribution in [-0.4, -0.2) is 34.7 Å². The molecule has 7 heteroatoms. The predicted octanol–water partition coefficient (Wildman–Crippen LogP) is 5.98. The first kappa shape index (κ1) is 24.1. The average molecular weight is 517 g/mol. The van der Waals surface area contributed by atoms with Crippen molar-refractivity contribution in [3.63, 3.8) is 0 Å². The maximum absolute atomic E-state index is 13.4. The van der Waals surface area contributed by atoms with Gasteiger partial charge in [-0.2, -0.15) is 0 Å². The summed E-state index contributed by atoms with van der Waals surface area (Å²) in [6.07, 6.45) is 0. The monoisotopic (exact) mass is 516 g/mol. The molecule has 3 rings (SSSR count). The van der Waals surface area contributed by atoms with Crippen molar-refractivity contribution in [2.75, 3.05) is 13.1 Å². The zero-order chi connectivity index (χ0) is 23.1. The maximum atomic E-state index is 13.4. The Morgan fingerprint density at radius 2 is 1.75 bits per heavy atom. The van der Waals surface area contributed by atoms with E-state index in [4.69, 9.17) is 0 Å². The van der Waals surface area contributed by atoms with E-state index in [1.54, 1.807) is 45.4 Å². The van der Waals surface area contributed by atoms with Crippen LogP contribution in [0.1, 0.15) is 34.6 Å². The molecule has 0 spiro atoms. The van der Waals surface area contributed by atoms with E-state index in [0.29, 0.717) is 25.2 Å². The SMILES string of the molecule is CC(C)CN(CC(=O)N(Cc1ccc(F)cc1)Cc1cccs1)C(=O)c1cccc(Br)c1. The summed E-state index contributed by atoms with van der Waals surface area (Å²) in [6, 6.07) is 17.3. The van der Waals surface area contributed by atoms with Gasteiger partial charge in [0, 0.05) is 28.0 Å². The van der Waals surface area contributed by atoms with Gasteiger partial charge in [0.05, 0.1) is 6.54 Å². The van der Waals surface area contributed by atoms with Crippen LogP contribution in [0.15, 0.2) is 70.5 Å². The zero-order valence-corrected chi connectivity index (χ0v) is 20.5. The van der Waals surface area contributed by atoms with Crippen molar-refractivity contribution in [3.8, 4) is 0 Å². The molecule has 0 aliphatic heterocycles. The molecule has 0 aliphatic carbocycles. The molecule has 0 bridgehead atoms. The third-order valence-electron chi connectivity index (χ3n) is 4.84. The summed E-state index contributed by atoms with van der Waals surface area (Å²) in [5, 5.41) is 1.97. The van der Waals surface area contributed by atoms with Gasteiger partial charge >= 0.3 is 0 Å². The molecule has 0 aliphatic rings. The first-order chi connectivity index (χ1) is 15.3. The molecule has 3 aromatic rings. The van der Waals surface area contributed by atoms with Gasteiger partial charge in [0.1, 0.15) is 12.4 Å². The van der Waals surface area contributed by atoms with Gasteiger partial charge in [0.15, 0.2) is 0 Å². The lowest BCUT2D eigenvalue weighted by Crippen LogP contribution is -2.43. The summed E-state index contributed by atoms with van der Waals surface area (Å²) in [5.41, 5.74) is 1.38. The average Bonchev–Trinajstić information content (AvgIpc) is 3.26. The Morgan fingerprint density at radius 1 is 1.00 bits per heavy atom. The number of hydrogen-bond acceptors (Lipinski definition) is 3. The number of nitrogens with zero attached hydrogens (tertiary/aromatic N) is 2. The van der Waals surface area contributed by atoms with Crippen LogP contribution >= 0.6 is 27.3 Å². The van der Waals surface area contributed by atoms with E-state index in [2.05, 4.69) is 15.9 Å². The lowest BCUT2D eigenvalue weighted by atomic mass is 10.1. The van der Waals surface area contributed by atoms with Crippen molar-refractivity contribution in [3.05, 3.63) is 92.3 Å². The number of thiophene rings is 1. The molecule has 4 nitrogen and oxygen atoms in total. The van der Waals surface area contributed by atoms with Crippen LogP contribution < -0.4 is 0 Å². The highest BCUT2D eigenvalue weighted by atomic mass is 79.9. The minimum absolute atomic E-state index is 0.0178. The first-order valence-corrected chi connectivity index (χ1v) is 12.1. The summed E-state index contributed by atoms with van der Waals surface area (Å²) >= 11 is 4.98. The Bertz CT molecular complexity index is 1040. The summed E-state index contributed by atoms with van der Waals surface area (Å²) in [4.78, 5) is 31.0. The summed E-state index contributed by atoms with van der Waals surface area (Å²) in [5.74, 6) is -0.424. The molecule has 2 aromatic carbocycles. The first-order valence-electron chi connectivity index (χ1n) is 10.4. The van der Waals surface area contributed by atoms with Crippen molar-refractivity contribution in [2.24, 2.45) is 5.92 Å². The van der Waals surface area contributed by atoms with E-state index in [0.717, 1.165) is 14.9 Å². The van der Waals surface area contributed by atoms with Crippen molar-refractivity contribution in [1.82, 2.24) is 9.80 Å². The molecule has 1 aromatic heterocycles. The third-order valence-corrected chi connectivity index (χ3v) is 6.19. The topological polar surface area (TPSA) is 40.6 Å². The fourth-order valence-corrected chi connectivity index (χ4v) is 4.48. The van der Waals surface area contributed by atoms with E-state index in [-0.39, 0.29) is 30.1 Å². The zero-order valence-electron chi connectivity index (χ0n) is 18.1. The van der Waals surface area contributed by atoms with Gasteiger partial charge in [-0.3, -0.25) is 9.59 Å². The molecule has 2 amide bonds. The van der Waals surface area contributed by atoms with E-state index in [1.807, 2.05) is 43.5 Å². The Hall–Kier alpha value is -2.51. The van der Waals surface area contributed by atoms with Crippen LogP contribution in [0.2, 0.25) is 0 Å². The van der Waals surface area contributed by atoms with Crippen molar-refractivity contribution in [2.45, 2.75) is 26.9 Å². The fraction of sp³-hybridized carbons (Fsp3) is 0.280. The predicted molar refractivity (Wildman–Crippen MR) is 130 cm³/mol. The minimum atomic E-state index is -0.312. The second kappa shape index (κ2) is 11.4. The van der Waals surface area contributed by atoms with Gasteiger partial charge in [-0.25, -0.2) is 4.39 Å². The summed E-state index contributed by atoms with van der Waals surface area (Å²) in [6.45, 7) is 5.28.